The number of nitrogens with zero attached hydrogens (tertiary/aromatic N) is 3. The van der Waals surface area contributed by atoms with Crippen LogP contribution in [0.15, 0.2) is 51.6 Å². The lowest BCUT2D eigenvalue weighted by molar-refractivity contribution is -0.123. The molecule has 3 aromatic rings. The molecule has 2 aromatic heterocycles. The van der Waals surface area contributed by atoms with E-state index in [1.807, 2.05) is 35.7 Å². The topological polar surface area (TPSA) is 76.5 Å². The lowest BCUT2D eigenvalue weighted by Gasteiger charge is -2.04. The van der Waals surface area contributed by atoms with E-state index in [2.05, 4.69) is 36.4 Å². The highest BCUT2D eigenvalue weighted by atomic mass is 79.9. The number of aromatic nitrogens is 2. The number of carbonyl (C=O) groups is 1. The van der Waals surface area contributed by atoms with Crippen LogP contribution in [0.4, 0.5) is 0 Å². The summed E-state index contributed by atoms with van der Waals surface area (Å²) < 4.78 is 6.32. The minimum absolute atomic E-state index is 0.171. The van der Waals surface area contributed by atoms with Crippen molar-refractivity contribution in [2.45, 2.75) is 0 Å². The molecule has 1 N–H and O–H groups in total. The van der Waals surface area contributed by atoms with Gasteiger partial charge in [-0.25, -0.2) is 15.4 Å². The first-order valence-corrected chi connectivity index (χ1v) is 8.29. The molecule has 6 nitrogen and oxygen atoms in total. The number of hydrazone groups is 1. The molecule has 1 aromatic carbocycles. The van der Waals surface area contributed by atoms with Crippen LogP contribution in [0.25, 0.3) is 10.2 Å². The van der Waals surface area contributed by atoms with Crippen molar-refractivity contribution in [1.82, 2.24) is 15.4 Å². The molecule has 0 radical (unpaired) electrons. The highest BCUT2D eigenvalue weighted by molar-refractivity contribution is 9.10. The first-order valence-electron chi connectivity index (χ1n) is 6.61. The zero-order valence-electron chi connectivity index (χ0n) is 11.8. The Morgan fingerprint density at radius 3 is 3.09 bits per heavy atom. The van der Waals surface area contributed by atoms with Crippen LogP contribution < -0.4 is 10.2 Å². The second-order valence-electron chi connectivity index (χ2n) is 4.42. The van der Waals surface area contributed by atoms with Gasteiger partial charge in [0, 0.05) is 10.0 Å². The Hall–Kier alpha value is -2.32. The lowest BCUT2D eigenvalue weighted by Crippen LogP contribution is -2.24. The number of nitrogens with one attached hydrogen (secondary N) is 1. The van der Waals surface area contributed by atoms with E-state index in [0.29, 0.717) is 5.88 Å². The molecule has 23 heavy (non-hydrogen) atoms. The quantitative estimate of drug-likeness (QED) is 0.536. The number of amides is 1. The summed E-state index contributed by atoms with van der Waals surface area (Å²) in [6, 6.07) is 9.43. The molecule has 0 aliphatic rings. The summed E-state index contributed by atoms with van der Waals surface area (Å²) in [7, 11) is 0. The van der Waals surface area contributed by atoms with Crippen LogP contribution in [-0.4, -0.2) is 28.7 Å². The first kappa shape index (κ1) is 15.6. The molecule has 0 saturated heterocycles. The van der Waals surface area contributed by atoms with Crippen LogP contribution in [0.1, 0.15) is 5.56 Å². The monoisotopic (exact) mass is 390 g/mol. The van der Waals surface area contributed by atoms with Gasteiger partial charge in [0.2, 0.25) is 5.88 Å². The average Bonchev–Trinajstić information content (AvgIpc) is 3.04. The molecule has 0 aliphatic carbocycles. The second-order valence-corrected chi connectivity index (χ2v) is 6.17. The van der Waals surface area contributed by atoms with Gasteiger partial charge in [-0.3, -0.25) is 4.79 Å². The third kappa shape index (κ3) is 3.91. The molecular weight excluding hydrogens is 380 g/mol. The summed E-state index contributed by atoms with van der Waals surface area (Å²) >= 11 is 4.89. The SMILES string of the molecule is O=C(COc1ncnc2sccc12)N/N=C/c1ccccc1Br. The summed E-state index contributed by atoms with van der Waals surface area (Å²) in [5.74, 6) is 0.0245. The Morgan fingerprint density at radius 1 is 1.35 bits per heavy atom. The summed E-state index contributed by atoms with van der Waals surface area (Å²) in [5.41, 5.74) is 3.28. The zero-order valence-corrected chi connectivity index (χ0v) is 14.2. The Bertz CT molecular complexity index is 865. The van der Waals surface area contributed by atoms with Crippen LogP contribution in [0, 0.1) is 0 Å². The number of benzene rings is 1. The number of ether oxygens (including phenoxy) is 1. The van der Waals surface area contributed by atoms with Crippen LogP contribution in [0.5, 0.6) is 5.88 Å². The maximum Gasteiger partial charge on any atom is 0.278 e. The van der Waals surface area contributed by atoms with Crippen LogP contribution in [-0.2, 0) is 4.79 Å². The third-order valence-corrected chi connectivity index (χ3v) is 4.41. The van der Waals surface area contributed by atoms with Crippen molar-refractivity contribution in [3.63, 3.8) is 0 Å². The highest BCUT2D eigenvalue weighted by Crippen LogP contribution is 2.25. The largest absolute Gasteiger partial charge is 0.467 e. The van der Waals surface area contributed by atoms with Crippen molar-refractivity contribution in [3.8, 4) is 5.88 Å². The molecule has 8 heteroatoms. The van der Waals surface area contributed by atoms with E-state index in [9.17, 15) is 4.79 Å². The molecule has 0 fully saturated rings. The minimum atomic E-state index is -0.365. The number of fused-ring (bicyclic) bond motifs is 1. The van der Waals surface area contributed by atoms with Crippen molar-refractivity contribution in [2.24, 2.45) is 5.10 Å². The van der Waals surface area contributed by atoms with Crippen LogP contribution in [0.3, 0.4) is 0 Å². The Labute approximate surface area is 144 Å². The van der Waals surface area contributed by atoms with E-state index >= 15 is 0 Å². The fourth-order valence-electron chi connectivity index (χ4n) is 1.80. The van der Waals surface area contributed by atoms with Gasteiger partial charge in [0.25, 0.3) is 5.91 Å². The van der Waals surface area contributed by atoms with Gasteiger partial charge in [0.15, 0.2) is 6.61 Å². The highest BCUT2D eigenvalue weighted by Gasteiger charge is 2.08. The predicted octanol–water partition coefficient (Wildman–Crippen LogP) is 2.98. The van der Waals surface area contributed by atoms with Gasteiger partial charge < -0.3 is 4.74 Å². The Balaban J connectivity index is 1.56. The van der Waals surface area contributed by atoms with Crippen molar-refractivity contribution in [2.75, 3.05) is 6.61 Å². The third-order valence-electron chi connectivity index (χ3n) is 2.86. The van der Waals surface area contributed by atoms with E-state index in [-0.39, 0.29) is 12.5 Å². The molecule has 116 valence electrons. The van der Waals surface area contributed by atoms with Gasteiger partial charge in [-0.2, -0.15) is 5.10 Å². The number of thiophene rings is 1. The van der Waals surface area contributed by atoms with Crippen molar-refractivity contribution >= 4 is 49.6 Å². The summed E-state index contributed by atoms with van der Waals surface area (Å²) in [6.45, 7) is -0.171. The number of halogens is 1. The predicted molar refractivity (Wildman–Crippen MR) is 92.8 cm³/mol. The number of hydrogen-bond donors (Lipinski definition) is 1. The number of rotatable bonds is 5. The average molecular weight is 391 g/mol. The Kier molecular flexibility index (Phi) is 4.94. The number of hydrogen-bond acceptors (Lipinski definition) is 6. The fraction of sp³-hybridized carbons (Fsp3) is 0.0667. The molecule has 0 bridgehead atoms. The van der Waals surface area contributed by atoms with E-state index < -0.39 is 0 Å². The lowest BCUT2D eigenvalue weighted by atomic mass is 10.2. The summed E-state index contributed by atoms with van der Waals surface area (Å²) in [4.78, 5) is 20.7. The molecule has 2 heterocycles. The van der Waals surface area contributed by atoms with E-state index in [1.54, 1.807) is 6.21 Å². The Morgan fingerprint density at radius 2 is 2.22 bits per heavy atom. The van der Waals surface area contributed by atoms with E-state index in [1.165, 1.54) is 17.7 Å². The van der Waals surface area contributed by atoms with Crippen molar-refractivity contribution < 1.29 is 9.53 Å². The minimum Gasteiger partial charge on any atom is -0.467 e. The van der Waals surface area contributed by atoms with Crippen LogP contribution in [0.2, 0.25) is 0 Å². The molecule has 0 spiro atoms. The van der Waals surface area contributed by atoms with Gasteiger partial charge >= 0.3 is 0 Å². The van der Waals surface area contributed by atoms with Gasteiger partial charge in [-0.1, -0.05) is 34.1 Å². The van der Waals surface area contributed by atoms with Crippen molar-refractivity contribution in [1.29, 1.82) is 0 Å². The molecule has 1 amide bonds. The molecule has 3 rings (SSSR count). The van der Waals surface area contributed by atoms with Gasteiger partial charge in [-0.05, 0) is 17.5 Å². The van der Waals surface area contributed by atoms with Crippen LogP contribution >= 0.6 is 27.3 Å². The summed E-state index contributed by atoms with van der Waals surface area (Å²) in [5, 5.41) is 6.59. The van der Waals surface area contributed by atoms with E-state index in [0.717, 1.165) is 20.3 Å². The molecule has 0 aliphatic heterocycles. The smallest absolute Gasteiger partial charge is 0.278 e. The van der Waals surface area contributed by atoms with Gasteiger partial charge in [0.05, 0.1) is 11.6 Å². The number of carbonyl (C=O) groups excluding carboxylic acids is 1. The second kappa shape index (κ2) is 7.30. The molecular formula is C15H11BrN4O2S. The maximum atomic E-state index is 11.8. The standard InChI is InChI=1S/C15H11BrN4O2S/c16-12-4-2-1-3-10(12)7-19-20-13(21)8-22-14-11-5-6-23-15(11)18-9-17-14/h1-7,9H,8H2,(H,20,21)/b19-7+. The molecule has 0 saturated carbocycles. The fourth-order valence-corrected chi connectivity index (χ4v) is 2.91. The van der Waals surface area contributed by atoms with Gasteiger partial charge in [0.1, 0.15) is 11.2 Å². The van der Waals surface area contributed by atoms with Crippen molar-refractivity contribution in [3.05, 3.63) is 52.1 Å². The molecule has 0 atom stereocenters. The van der Waals surface area contributed by atoms with Gasteiger partial charge in [-0.15, -0.1) is 11.3 Å². The first-order chi connectivity index (χ1) is 11.2. The molecule has 0 unspecified atom stereocenters. The zero-order chi connectivity index (χ0) is 16.1. The summed E-state index contributed by atoms with van der Waals surface area (Å²) in [6.07, 6.45) is 2.97. The normalized spacial score (nSPS) is 11.0. The maximum absolute atomic E-state index is 11.8. The van der Waals surface area contributed by atoms with E-state index in [4.69, 9.17) is 4.74 Å².